The van der Waals surface area contributed by atoms with Gasteiger partial charge in [-0.3, -0.25) is 0 Å². The van der Waals surface area contributed by atoms with E-state index in [0.29, 0.717) is 6.42 Å². The third kappa shape index (κ3) is 4.35. The Labute approximate surface area is 101 Å². The first-order valence-electron chi connectivity index (χ1n) is 4.82. The molecule has 0 fully saturated rings. The third-order valence-corrected chi connectivity index (χ3v) is 2.11. The molecule has 0 aliphatic rings. The minimum atomic E-state index is -4.57. The maximum atomic E-state index is 12.4. The molecular weight excluding hydrogens is 259 g/mol. The van der Waals surface area contributed by atoms with Crippen molar-refractivity contribution < 1.29 is 18.3 Å². The second kappa shape index (κ2) is 5.50. The predicted octanol–water partition coefficient (Wildman–Crippen LogP) is 2.33. The molecule has 1 aromatic rings. The predicted molar refractivity (Wildman–Crippen MR) is 56.8 cm³/mol. The fourth-order valence-electron chi connectivity index (χ4n) is 1.16. The van der Waals surface area contributed by atoms with Crippen LogP contribution in [0.2, 0.25) is 5.28 Å². The van der Waals surface area contributed by atoms with Crippen molar-refractivity contribution in [3.05, 3.63) is 17.0 Å². The van der Waals surface area contributed by atoms with Crippen LogP contribution in [0.15, 0.2) is 6.07 Å². The lowest BCUT2D eigenvalue weighted by atomic mass is 10.2. The lowest BCUT2D eigenvalue weighted by Gasteiger charge is -2.14. The minimum Gasteiger partial charge on any atom is -0.396 e. The van der Waals surface area contributed by atoms with Crippen molar-refractivity contribution in [1.82, 2.24) is 9.97 Å². The zero-order valence-electron chi connectivity index (χ0n) is 8.92. The molecule has 1 rings (SSSR count). The van der Waals surface area contributed by atoms with Crippen LogP contribution in [0.4, 0.5) is 19.0 Å². The van der Waals surface area contributed by atoms with Gasteiger partial charge in [0, 0.05) is 18.7 Å². The van der Waals surface area contributed by atoms with Gasteiger partial charge in [0.25, 0.3) is 0 Å². The zero-order valence-corrected chi connectivity index (χ0v) is 9.68. The molecule has 0 saturated heterocycles. The number of nitrogens with zero attached hydrogens (tertiary/aromatic N) is 2. The lowest BCUT2D eigenvalue weighted by molar-refractivity contribution is -0.141. The van der Waals surface area contributed by atoms with Crippen LogP contribution in [0.1, 0.15) is 19.0 Å². The van der Waals surface area contributed by atoms with Gasteiger partial charge in [-0.2, -0.15) is 13.2 Å². The number of nitrogens with one attached hydrogen (secondary N) is 1. The van der Waals surface area contributed by atoms with E-state index >= 15 is 0 Å². The van der Waals surface area contributed by atoms with Gasteiger partial charge in [-0.15, -0.1) is 0 Å². The number of anilines is 1. The second-order valence-corrected chi connectivity index (χ2v) is 3.80. The number of hydrogen-bond acceptors (Lipinski definition) is 4. The summed E-state index contributed by atoms with van der Waals surface area (Å²) in [6.07, 6.45) is -4.17. The van der Waals surface area contributed by atoms with Crippen LogP contribution in [-0.4, -0.2) is 27.7 Å². The van der Waals surface area contributed by atoms with Crippen LogP contribution in [-0.2, 0) is 6.18 Å². The second-order valence-electron chi connectivity index (χ2n) is 3.46. The van der Waals surface area contributed by atoms with Crippen molar-refractivity contribution >= 4 is 17.4 Å². The summed E-state index contributed by atoms with van der Waals surface area (Å²) in [4.78, 5) is 6.73. The molecule has 4 nitrogen and oxygen atoms in total. The highest BCUT2D eigenvalue weighted by Gasteiger charge is 2.33. The molecule has 0 spiro atoms. The number of alkyl halides is 3. The van der Waals surface area contributed by atoms with E-state index in [1.54, 1.807) is 6.92 Å². The van der Waals surface area contributed by atoms with Crippen molar-refractivity contribution in [2.75, 3.05) is 11.9 Å². The molecule has 0 aliphatic heterocycles. The maximum absolute atomic E-state index is 12.4. The summed E-state index contributed by atoms with van der Waals surface area (Å²) in [6, 6.07) is 0.562. The number of aliphatic hydroxyl groups excluding tert-OH is 1. The minimum absolute atomic E-state index is 0.0155. The summed E-state index contributed by atoms with van der Waals surface area (Å²) < 4.78 is 37.3. The van der Waals surface area contributed by atoms with Crippen LogP contribution < -0.4 is 5.32 Å². The van der Waals surface area contributed by atoms with Crippen molar-refractivity contribution in [2.45, 2.75) is 25.6 Å². The molecule has 1 heterocycles. The Bertz CT molecular complexity index is 386. The van der Waals surface area contributed by atoms with Crippen molar-refractivity contribution in [1.29, 1.82) is 0 Å². The Hall–Kier alpha value is -1.08. The smallest absolute Gasteiger partial charge is 0.396 e. The summed E-state index contributed by atoms with van der Waals surface area (Å²) >= 11 is 5.40. The van der Waals surface area contributed by atoms with Gasteiger partial charge in [0.15, 0.2) is 5.69 Å². The highest BCUT2D eigenvalue weighted by molar-refractivity contribution is 6.28. The first kappa shape index (κ1) is 14.0. The Kier molecular flexibility index (Phi) is 4.53. The zero-order chi connectivity index (χ0) is 13.1. The molecule has 0 bridgehead atoms. The Morgan fingerprint density at radius 3 is 2.65 bits per heavy atom. The number of hydrogen-bond donors (Lipinski definition) is 2. The summed E-state index contributed by atoms with van der Waals surface area (Å²) in [5.74, 6) is -0.0155. The van der Waals surface area contributed by atoms with Gasteiger partial charge in [0.2, 0.25) is 5.28 Å². The molecule has 17 heavy (non-hydrogen) atoms. The first-order chi connectivity index (χ1) is 7.82. The summed E-state index contributed by atoms with van der Waals surface area (Å²) in [5.41, 5.74) is -1.10. The van der Waals surface area contributed by atoms with Crippen LogP contribution >= 0.6 is 11.6 Å². The van der Waals surface area contributed by atoms with Crippen LogP contribution in [0, 0.1) is 0 Å². The van der Waals surface area contributed by atoms with Crippen LogP contribution in [0.5, 0.6) is 0 Å². The fraction of sp³-hybridized carbons (Fsp3) is 0.556. The molecule has 0 aromatic carbocycles. The largest absolute Gasteiger partial charge is 0.433 e. The summed E-state index contributed by atoms with van der Waals surface area (Å²) in [7, 11) is 0. The highest BCUT2D eigenvalue weighted by atomic mass is 35.5. The third-order valence-electron chi connectivity index (χ3n) is 1.95. The Morgan fingerprint density at radius 1 is 1.47 bits per heavy atom. The maximum Gasteiger partial charge on any atom is 0.433 e. The highest BCUT2D eigenvalue weighted by Crippen LogP contribution is 2.29. The normalized spacial score (nSPS) is 13.5. The Balaban J connectivity index is 2.90. The van der Waals surface area contributed by atoms with Crippen LogP contribution in [0.25, 0.3) is 0 Å². The van der Waals surface area contributed by atoms with Gasteiger partial charge in [-0.25, -0.2) is 9.97 Å². The topological polar surface area (TPSA) is 58.0 Å². The van der Waals surface area contributed by atoms with E-state index in [2.05, 4.69) is 15.3 Å². The average molecular weight is 270 g/mol. The Morgan fingerprint density at radius 2 is 2.12 bits per heavy atom. The molecule has 2 N–H and O–H groups in total. The van der Waals surface area contributed by atoms with Crippen molar-refractivity contribution in [3.63, 3.8) is 0 Å². The fourth-order valence-corrected chi connectivity index (χ4v) is 1.34. The van der Waals surface area contributed by atoms with Gasteiger partial charge in [0.05, 0.1) is 0 Å². The van der Waals surface area contributed by atoms with Gasteiger partial charge >= 0.3 is 6.18 Å². The van der Waals surface area contributed by atoms with E-state index in [4.69, 9.17) is 16.7 Å². The van der Waals surface area contributed by atoms with Crippen molar-refractivity contribution in [3.8, 4) is 0 Å². The molecular formula is C9H11ClF3N3O. The molecule has 0 saturated carbocycles. The first-order valence-corrected chi connectivity index (χ1v) is 5.20. The molecule has 96 valence electrons. The number of aliphatic hydroxyl groups is 1. The van der Waals surface area contributed by atoms with Gasteiger partial charge in [-0.1, -0.05) is 0 Å². The van der Waals surface area contributed by atoms with Crippen LogP contribution in [0.3, 0.4) is 0 Å². The molecule has 8 heteroatoms. The quantitative estimate of drug-likeness (QED) is 0.824. The molecule has 1 aromatic heterocycles. The monoisotopic (exact) mass is 269 g/mol. The molecule has 1 unspecified atom stereocenters. The SMILES string of the molecule is CC(CCO)Nc1cc(C(F)(F)F)nc(Cl)n1. The molecule has 0 aliphatic carbocycles. The van der Waals surface area contributed by atoms with E-state index < -0.39 is 17.2 Å². The molecule has 0 radical (unpaired) electrons. The molecule has 0 amide bonds. The average Bonchev–Trinajstić information content (AvgIpc) is 2.15. The van der Waals surface area contributed by atoms with E-state index in [0.717, 1.165) is 6.07 Å². The van der Waals surface area contributed by atoms with E-state index in [1.807, 2.05) is 0 Å². The van der Waals surface area contributed by atoms with E-state index in [1.165, 1.54) is 0 Å². The molecule has 1 atom stereocenters. The lowest BCUT2D eigenvalue weighted by Crippen LogP contribution is -2.19. The summed E-state index contributed by atoms with van der Waals surface area (Å²) in [5, 5.41) is 10.9. The number of rotatable bonds is 4. The summed E-state index contributed by atoms with van der Waals surface area (Å²) in [6.45, 7) is 1.64. The van der Waals surface area contributed by atoms with Crippen molar-refractivity contribution in [2.24, 2.45) is 0 Å². The van der Waals surface area contributed by atoms with E-state index in [9.17, 15) is 13.2 Å². The standard InChI is InChI=1S/C9H11ClF3N3O/c1-5(2-3-17)14-7-4-6(9(11,12)13)15-8(10)16-7/h4-5,17H,2-3H2,1H3,(H,14,15,16). The number of halogens is 4. The van der Waals surface area contributed by atoms with Gasteiger partial charge in [-0.05, 0) is 24.9 Å². The van der Waals surface area contributed by atoms with Gasteiger partial charge in [0.1, 0.15) is 5.82 Å². The van der Waals surface area contributed by atoms with Gasteiger partial charge < -0.3 is 10.4 Å². The van der Waals surface area contributed by atoms with E-state index in [-0.39, 0.29) is 18.5 Å². The number of aromatic nitrogens is 2.